The second-order valence-corrected chi connectivity index (χ2v) is 11.4. The molecule has 2 heterocycles. The van der Waals surface area contributed by atoms with Crippen LogP contribution >= 0.6 is 11.6 Å². The first-order valence-electron chi connectivity index (χ1n) is 11.3. The van der Waals surface area contributed by atoms with E-state index in [1.54, 1.807) is 7.05 Å². The fourth-order valence-electron chi connectivity index (χ4n) is 4.70. The van der Waals surface area contributed by atoms with Gasteiger partial charge in [0.1, 0.15) is 0 Å². The zero-order valence-electron chi connectivity index (χ0n) is 19.4. The maximum atomic E-state index is 14.0. The minimum Gasteiger partial charge on any atom is -0.350 e. The molecule has 2 aromatic rings. The highest BCUT2D eigenvalue weighted by atomic mass is 35.5. The molecule has 1 aromatic carbocycles. The minimum absolute atomic E-state index is 0.0475. The normalized spacial score (nSPS) is 20.8. The van der Waals surface area contributed by atoms with E-state index in [9.17, 15) is 30.8 Å². The van der Waals surface area contributed by atoms with Crippen LogP contribution in [-0.4, -0.2) is 82.7 Å². The maximum Gasteiger partial charge on any atom is 0.264 e. The van der Waals surface area contributed by atoms with Crippen LogP contribution < -0.4 is 5.32 Å². The van der Waals surface area contributed by atoms with E-state index in [4.69, 9.17) is 11.6 Å². The molecule has 1 N–H and O–H groups in total. The van der Waals surface area contributed by atoms with Crippen LogP contribution in [0.4, 0.5) is 17.6 Å². The second kappa shape index (κ2) is 9.88. The lowest BCUT2D eigenvalue weighted by atomic mass is 9.78. The first kappa shape index (κ1) is 26.8. The molecular formula is C21H25ClF4N6O3S. The summed E-state index contributed by atoms with van der Waals surface area (Å²) in [6.45, 7) is 0.633. The van der Waals surface area contributed by atoms with Gasteiger partial charge >= 0.3 is 0 Å². The number of hydrogen-bond donors (Lipinski definition) is 1. The fourth-order valence-corrected chi connectivity index (χ4v) is 6.27. The third kappa shape index (κ3) is 5.36. The molecule has 198 valence electrons. The number of benzene rings is 1. The zero-order valence-corrected chi connectivity index (χ0v) is 20.9. The molecule has 0 atom stereocenters. The van der Waals surface area contributed by atoms with Gasteiger partial charge in [0.05, 0.1) is 16.8 Å². The quantitative estimate of drug-likeness (QED) is 0.436. The molecule has 36 heavy (non-hydrogen) atoms. The third-order valence-electron chi connectivity index (χ3n) is 6.84. The van der Waals surface area contributed by atoms with Crippen molar-refractivity contribution in [3.63, 3.8) is 0 Å². The summed E-state index contributed by atoms with van der Waals surface area (Å²) in [6, 6.07) is 1.38. The van der Waals surface area contributed by atoms with Crippen molar-refractivity contribution in [3.8, 4) is 0 Å². The maximum absolute atomic E-state index is 14.0. The van der Waals surface area contributed by atoms with Crippen LogP contribution in [0.5, 0.6) is 0 Å². The third-order valence-corrected chi connectivity index (χ3v) is 8.91. The van der Waals surface area contributed by atoms with Gasteiger partial charge in [-0.25, -0.2) is 26.0 Å². The number of amides is 1. The SMILES string of the molecule is Cn1cc(S(=O)(=O)N2CCN(C3(CNC(=O)c4cc(F)c(F)cc4Cl)CCC(F)(F)CC3)CC2)nn1. The van der Waals surface area contributed by atoms with Gasteiger partial charge in [0.2, 0.25) is 10.9 Å². The molecular weight excluding hydrogens is 528 g/mol. The van der Waals surface area contributed by atoms with Gasteiger partial charge in [-0.15, -0.1) is 5.10 Å². The molecule has 0 unspecified atom stereocenters. The highest BCUT2D eigenvalue weighted by molar-refractivity contribution is 7.89. The number of hydrogen-bond acceptors (Lipinski definition) is 6. The molecule has 1 amide bonds. The molecule has 1 aliphatic carbocycles. The molecule has 1 aliphatic heterocycles. The summed E-state index contributed by atoms with van der Waals surface area (Å²) in [5.41, 5.74) is -1.14. The summed E-state index contributed by atoms with van der Waals surface area (Å²) in [4.78, 5) is 14.6. The van der Waals surface area contributed by atoms with E-state index < -0.39 is 51.9 Å². The van der Waals surface area contributed by atoms with Gasteiger partial charge in [0.15, 0.2) is 11.6 Å². The predicted octanol–water partition coefficient (Wildman–Crippen LogP) is 2.43. The largest absolute Gasteiger partial charge is 0.350 e. The summed E-state index contributed by atoms with van der Waals surface area (Å²) in [5, 5.41) is 9.51. The highest BCUT2D eigenvalue weighted by Crippen LogP contribution is 2.42. The highest BCUT2D eigenvalue weighted by Gasteiger charge is 2.48. The van der Waals surface area contributed by atoms with Gasteiger partial charge < -0.3 is 5.32 Å². The van der Waals surface area contributed by atoms with Crippen molar-refractivity contribution in [2.75, 3.05) is 32.7 Å². The Balaban J connectivity index is 1.49. The van der Waals surface area contributed by atoms with Crippen molar-refractivity contribution in [3.05, 3.63) is 40.6 Å². The number of aromatic nitrogens is 3. The number of sulfonamides is 1. The van der Waals surface area contributed by atoms with Gasteiger partial charge in [-0.3, -0.25) is 14.4 Å². The first-order valence-corrected chi connectivity index (χ1v) is 13.1. The number of nitrogens with one attached hydrogen (secondary N) is 1. The molecule has 15 heteroatoms. The Morgan fingerprint density at radius 1 is 1.08 bits per heavy atom. The predicted molar refractivity (Wildman–Crippen MR) is 121 cm³/mol. The van der Waals surface area contributed by atoms with Crippen LogP contribution in [0.3, 0.4) is 0 Å². The number of piperazine rings is 1. The molecule has 0 radical (unpaired) electrons. The van der Waals surface area contributed by atoms with Crippen molar-refractivity contribution in [1.29, 1.82) is 0 Å². The zero-order chi connectivity index (χ0) is 26.3. The molecule has 4 rings (SSSR count). The number of nitrogens with zero attached hydrogens (tertiary/aromatic N) is 5. The average Bonchev–Trinajstić information content (AvgIpc) is 3.28. The lowest BCUT2D eigenvalue weighted by Gasteiger charge is -2.50. The number of carbonyl (C=O) groups is 1. The lowest BCUT2D eigenvalue weighted by Crippen LogP contribution is -2.63. The molecule has 1 saturated carbocycles. The van der Waals surface area contributed by atoms with Crippen molar-refractivity contribution in [1.82, 2.24) is 29.5 Å². The van der Waals surface area contributed by atoms with Crippen LogP contribution in [0.15, 0.2) is 23.4 Å². The number of carbonyl (C=O) groups excluding carboxylic acids is 1. The summed E-state index contributed by atoms with van der Waals surface area (Å²) in [5.74, 6) is -6.04. The van der Waals surface area contributed by atoms with E-state index in [0.29, 0.717) is 12.1 Å². The topological polar surface area (TPSA) is 100 Å². The smallest absolute Gasteiger partial charge is 0.264 e. The van der Waals surface area contributed by atoms with Gasteiger partial charge in [-0.1, -0.05) is 16.8 Å². The van der Waals surface area contributed by atoms with Gasteiger partial charge in [-0.05, 0) is 25.0 Å². The van der Waals surface area contributed by atoms with Gasteiger partial charge in [0.25, 0.3) is 15.9 Å². The minimum atomic E-state index is -3.87. The molecule has 1 aromatic heterocycles. The Morgan fingerprint density at radius 3 is 2.28 bits per heavy atom. The standard InChI is InChI=1S/C21H25ClF4N6O3S/c1-30-12-18(28-29-30)36(34,35)32-8-6-31(7-9-32)20(2-4-21(25,26)5-3-20)13-27-19(33)14-10-16(23)17(24)11-15(14)22/h10-12H,2-9,13H2,1H3,(H,27,33). The fraction of sp³-hybridized carbons (Fsp3) is 0.571. The van der Waals surface area contributed by atoms with Crippen LogP contribution in [0.1, 0.15) is 36.0 Å². The van der Waals surface area contributed by atoms with Crippen molar-refractivity contribution in [2.24, 2.45) is 7.05 Å². The van der Waals surface area contributed by atoms with Crippen LogP contribution in [0, 0.1) is 11.6 Å². The van der Waals surface area contributed by atoms with E-state index >= 15 is 0 Å². The Kier molecular flexibility index (Phi) is 7.34. The van der Waals surface area contributed by atoms with Crippen molar-refractivity contribution < 1.29 is 30.8 Å². The van der Waals surface area contributed by atoms with Gasteiger partial charge in [0, 0.05) is 58.2 Å². The Labute approximate surface area is 210 Å². The van der Waals surface area contributed by atoms with E-state index in [1.165, 1.54) is 15.2 Å². The Morgan fingerprint density at radius 2 is 1.69 bits per heavy atom. The molecule has 9 nitrogen and oxygen atoms in total. The van der Waals surface area contributed by atoms with Crippen LogP contribution in [0.2, 0.25) is 5.02 Å². The average molecular weight is 553 g/mol. The van der Waals surface area contributed by atoms with E-state index in [2.05, 4.69) is 15.6 Å². The van der Waals surface area contributed by atoms with Crippen molar-refractivity contribution in [2.45, 2.75) is 42.2 Å². The molecule has 1 saturated heterocycles. The van der Waals surface area contributed by atoms with E-state index in [0.717, 1.165) is 0 Å². The van der Waals surface area contributed by atoms with E-state index in [1.807, 2.05) is 4.90 Å². The summed E-state index contributed by atoms with van der Waals surface area (Å²) >= 11 is 5.90. The number of rotatable bonds is 6. The Bertz CT molecular complexity index is 1240. The monoisotopic (exact) mass is 552 g/mol. The summed E-state index contributed by atoms with van der Waals surface area (Å²) in [6.07, 6.45) is 0.622. The molecule has 0 spiro atoms. The lowest BCUT2D eigenvalue weighted by molar-refractivity contribution is -0.0856. The molecule has 2 aliphatic rings. The Hall–Kier alpha value is -2.29. The number of aryl methyl sites for hydroxylation is 1. The molecule has 0 bridgehead atoms. The van der Waals surface area contributed by atoms with Crippen LogP contribution in [-0.2, 0) is 17.1 Å². The summed E-state index contributed by atoms with van der Waals surface area (Å²) in [7, 11) is -2.32. The summed E-state index contributed by atoms with van der Waals surface area (Å²) < 4.78 is 83.4. The van der Waals surface area contributed by atoms with Gasteiger partial charge in [-0.2, -0.15) is 4.31 Å². The number of halogens is 5. The van der Waals surface area contributed by atoms with E-state index in [-0.39, 0.29) is 61.2 Å². The van der Waals surface area contributed by atoms with Crippen LogP contribution in [0.25, 0.3) is 0 Å². The van der Waals surface area contributed by atoms with Crippen molar-refractivity contribution >= 4 is 27.5 Å². The second-order valence-electron chi connectivity index (χ2n) is 9.13. The molecule has 2 fully saturated rings. The first-order chi connectivity index (χ1) is 16.8. The number of alkyl halides is 2.